The molecule has 0 saturated heterocycles. The minimum absolute atomic E-state index is 0.0712. The number of esters is 3. The molecule has 0 rings (SSSR count). The standard InChI is InChI=1S/C55H98O6/c1-4-7-10-13-15-17-19-21-22-23-24-25-26-27-28-29-30-31-32-34-35-37-39-42-45-48-54(57)60-51-52(50-59-53(56)47-44-41-12-9-6-3)61-55(58)49-46-43-40-38-36-33-20-18-16-14-11-8-5-2/h7,10,15,17,21-22,24-25,52H,4-6,8-9,11-14,16,18-20,23,26-51H2,1-3H3/b10-7-,17-15-,22-21-,25-24-. The quantitative estimate of drug-likeness (QED) is 0.0263. The summed E-state index contributed by atoms with van der Waals surface area (Å²) < 4.78 is 16.7. The highest BCUT2D eigenvalue weighted by Crippen LogP contribution is 2.16. The molecule has 6 heteroatoms. The van der Waals surface area contributed by atoms with Crippen LogP contribution in [0.15, 0.2) is 48.6 Å². The van der Waals surface area contributed by atoms with Gasteiger partial charge in [-0.3, -0.25) is 14.4 Å². The summed E-state index contributed by atoms with van der Waals surface area (Å²) in [5, 5.41) is 0. The van der Waals surface area contributed by atoms with Crippen LogP contribution >= 0.6 is 0 Å². The SMILES string of the molecule is CC/C=C\C/C=C\C/C=C\C/C=C\CCCCCCCCCCCCCCC(=O)OCC(COC(=O)CCCCCCC)OC(=O)CCCCCCCCCCCCCCC. The zero-order chi connectivity index (χ0) is 44.4. The molecular formula is C55H98O6. The Balaban J connectivity index is 4.05. The Morgan fingerprint density at radius 1 is 0.344 bits per heavy atom. The van der Waals surface area contributed by atoms with Crippen LogP contribution in [-0.4, -0.2) is 37.2 Å². The number of unbranched alkanes of at least 4 members (excludes halogenated alkanes) is 28. The fourth-order valence-corrected chi connectivity index (χ4v) is 7.43. The summed E-state index contributed by atoms with van der Waals surface area (Å²) in [6.07, 6.45) is 60.0. The maximum Gasteiger partial charge on any atom is 0.306 e. The van der Waals surface area contributed by atoms with Crippen molar-refractivity contribution in [1.82, 2.24) is 0 Å². The molecule has 0 heterocycles. The Hall–Kier alpha value is -2.63. The monoisotopic (exact) mass is 855 g/mol. The fraction of sp³-hybridized carbons (Fsp3) is 0.800. The van der Waals surface area contributed by atoms with Gasteiger partial charge in [-0.2, -0.15) is 0 Å². The molecule has 0 radical (unpaired) electrons. The summed E-state index contributed by atoms with van der Waals surface area (Å²) in [5.41, 5.74) is 0. The second kappa shape index (κ2) is 50.0. The van der Waals surface area contributed by atoms with Crippen LogP contribution in [-0.2, 0) is 28.6 Å². The van der Waals surface area contributed by atoms with E-state index < -0.39 is 6.10 Å². The van der Waals surface area contributed by atoms with Crippen molar-refractivity contribution in [2.45, 2.75) is 271 Å². The van der Waals surface area contributed by atoms with Crippen molar-refractivity contribution in [2.24, 2.45) is 0 Å². The molecule has 0 fully saturated rings. The average Bonchev–Trinajstić information content (AvgIpc) is 3.26. The first-order valence-electron chi connectivity index (χ1n) is 26.1. The predicted octanol–water partition coefficient (Wildman–Crippen LogP) is 17.1. The van der Waals surface area contributed by atoms with Crippen LogP contribution in [0.1, 0.15) is 265 Å². The van der Waals surface area contributed by atoms with E-state index in [2.05, 4.69) is 69.4 Å². The molecule has 0 aromatic carbocycles. The summed E-state index contributed by atoms with van der Waals surface area (Å²) in [5.74, 6) is -0.879. The third-order valence-corrected chi connectivity index (χ3v) is 11.3. The second-order valence-electron chi connectivity index (χ2n) is 17.4. The van der Waals surface area contributed by atoms with Gasteiger partial charge in [-0.15, -0.1) is 0 Å². The van der Waals surface area contributed by atoms with E-state index in [1.165, 1.54) is 135 Å². The highest BCUT2D eigenvalue weighted by molar-refractivity contribution is 5.71. The van der Waals surface area contributed by atoms with Gasteiger partial charge in [0.2, 0.25) is 0 Å². The lowest BCUT2D eigenvalue weighted by Gasteiger charge is -2.18. The number of hydrogen-bond donors (Lipinski definition) is 0. The highest BCUT2D eigenvalue weighted by atomic mass is 16.6. The highest BCUT2D eigenvalue weighted by Gasteiger charge is 2.19. The van der Waals surface area contributed by atoms with E-state index in [-0.39, 0.29) is 31.1 Å². The Kier molecular flexibility index (Phi) is 47.9. The number of ether oxygens (including phenoxy) is 3. The first kappa shape index (κ1) is 58.4. The zero-order valence-electron chi connectivity index (χ0n) is 40.4. The molecule has 0 bridgehead atoms. The maximum absolute atomic E-state index is 12.7. The summed E-state index contributed by atoms with van der Waals surface area (Å²) in [7, 11) is 0. The maximum atomic E-state index is 12.7. The predicted molar refractivity (Wildman–Crippen MR) is 261 cm³/mol. The Bertz CT molecular complexity index is 1070. The van der Waals surface area contributed by atoms with E-state index in [1.54, 1.807) is 0 Å². The van der Waals surface area contributed by atoms with Crippen molar-refractivity contribution in [1.29, 1.82) is 0 Å². The van der Waals surface area contributed by atoms with Gasteiger partial charge in [0.15, 0.2) is 6.10 Å². The summed E-state index contributed by atoms with van der Waals surface area (Å²) in [6.45, 7) is 6.46. The molecule has 1 unspecified atom stereocenters. The molecular weight excluding hydrogens is 757 g/mol. The number of rotatable bonds is 47. The smallest absolute Gasteiger partial charge is 0.306 e. The van der Waals surface area contributed by atoms with Gasteiger partial charge in [-0.05, 0) is 57.8 Å². The Morgan fingerprint density at radius 2 is 0.639 bits per heavy atom. The molecule has 0 aliphatic heterocycles. The van der Waals surface area contributed by atoms with Gasteiger partial charge in [0.1, 0.15) is 13.2 Å². The first-order chi connectivity index (χ1) is 30.0. The lowest BCUT2D eigenvalue weighted by atomic mass is 10.0. The van der Waals surface area contributed by atoms with E-state index >= 15 is 0 Å². The van der Waals surface area contributed by atoms with Crippen LogP contribution in [0.5, 0.6) is 0 Å². The molecule has 6 nitrogen and oxygen atoms in total. The van der Waals surface area contributed by atoms with Gasteiger partial charge < -0.3 is 14.2 Å². The average molecular weight is 855 g/mol. The largest absolute Gasteiger partial charge is 0.462 e. The minimum atomic E-state index is -0.765. The number of hydrogen-bond acceptors (Lipinski definition) is 6. The Labute approximate surface area is 378 Å². The molecule has 0 aliphatic carbocycles. The third-order valence-electron chi connectivity index (χ3n) is 11.3. The van der Waals surface area contributed by atoms with Crippen molar-refractivity contribution in [2.75, 3.05) is 13.2 Å². The van der Waals surface area contributed by atoms with Crippen LogP contribution < -0.4 is 0 Å². The lowest BCUT2D eigenvalue weighted by Crippen LogP contribution is -2.30. The van der Waals surface area contributed by atoms with Gasteiger partial charge in [-0.1, -0.05) is 236 Å². The van der Waals surface area contributed by atoms with E-state index in [0.29, 0.717) is 19.3 Å². The van der Waals surface area contributed by atoms with E-state index in [4.69, 9.17) is 14.2 Å². The van der Waals surface area contributed by atoms with Crippen molar-refractivity contribution in [3.63, 3.8) is 0 Å². The van der Waals surface area contributed by atoms with Crippen LogP contribution in [0, 0.1) is 0 Å². The van der Waals surface area contributed by atoms with Gasteiger partial charge in [-0.25, -0.2) is 0 Å². The minimum Gasteiger partial charge on any atom is -0.462 e. The van der Waals surface area contributed by atoms with Gasteiger partial charge in [0.05, 0.1) is 0 Å². The molecule has 1 atom stereocenters. The number of allylic oxidation sites excluding steroid dienone is 8. The van der Waals surface area contributed by atoms with Crippen molar-refractivity contribution >= 4 is 17.9 Å². The van der Waals surface area contributed by atoms with E-state index in [0.717, 1.165) is 89.9 Å². The zero-order valence-corrected chi connectivity index (χ0v) is 40.4. The molecule has 61 heavy (non-hydrogen) atoms. The second-order valence-corrected chi connectivity index (χ2v) is 17.4. The summed E-state index contributed by atoms with van der Waals surface area (Å²) >= 11 is 0. The van der Waals surface area contributed by atoms with Crippen molar-refractivity contribution < 1.29 is 28.6 Å². The van der Waals surface area contributed by atoms with Crippen LogP contribution in [0.4, 0.5) is 0 Å². The first-order valence-corrected chi connectivity index (χ1v) is 26.1. The molecule has 0 aromatic heterocycles. The van der Waals surface area contributed by atoms with Gasteiger partial charge in [0, 0.05) is 19.3 Å². The molecule has 0 spiro atoms. The van der Waals surface area contributed by atoms with Gasteiger partial charge >= 0.3 is 17.9 Å². The summed E-state index contributed by atoms with van der Waals surface area (Å²) in [4.78, 5) is 37.6. The van der Waals surface area contributed by atoms with E-state index in [9.17, 15) is 14.4 Å². The number of carbonyl (C=O) groups excluding carboxylic acids is 3. The molecule has 0 aliphatic rings. The normalized spacial score (nSPS) is 12.4. The molecule has 0 amide bonds. The van der Waals surface area contributed by atoms with Crippen LogP contribution in [0.3, 0.4) is 0 Å². The topological polar surface area (TPSA) is 78.9 Å². The molecule has 354 valence electrons. The van der Waals surface area contributed by atoms with E-state index in [1.807, 2.05) is 0 Å². The number of carbonyl (C=O) groups is 3. The Morgan fingerprint density at radius 3 is 1.00 bits per heavy atom. The van der Waals surface area contributed by atoms with Gasteiger partial charge in [0.25, 0.3) is 0 Å². The lowest BCUT2D eigenvalue weighted by molar-refractivity contribution is -0.167. The third kappa shape index (κ3) is 48.3. The molecule has 0 N–H and O–H groups in total. The van der Waals surface area contributed by atoms with Crippen molar-refractivity contribution in [3.05, 3.63) is 48.6 Å². The van der Waals surface area contributed by atoms with Crippen LogP contribution in [0.25, 0.3) is 0 Å². The van der Waals surface area contributed by atoms with Crippen molar-refractivity contribution in [3.8, 4) is 0 Å². The summed E-state index contributed by atoms with van der Waals surface area (Å²) in [6, 6.07) is 0. The molecule has 0 saturated carbocycles. The van der Waals surface area contributed by atoms with Crippen LogP contribution in [0.2, 0.25) is 0 Å². The molecule has 0 aromatic rings. The fourth-order valence-electron chi connectivity index (χ4n) is 7.43.